The normalized spacial score (nSPS) is 38.0. The van der Waals surface area contributed by atoms with Crippen LogP contribution in [0.2, 0.25) is 0 Å². The van der Waals surface area contributed by atoms with Crippen LogP contribution in [0.15, 0.2) is 6.07 Å². The molecule has 5 heteroatoms. The molecule has 4 aliphatic rings. The molecular formula is C15H22N4O. The molecule has 5 nitrogen and oxygen atoms in total. The fraction of sp³-hybridized carbons (Fsp3) is 0.733. The van der Waals surface area contributed by atoms with Gasteiger partial charge in [-0.3, -0.25) is 0 Å². The van der Waals surface area contributed by atoms with Gasteiger partial charge in [0.05, 0.1) is 7.11 Å². The number of ether oxygens (including phenoxy) is 1. The Morgan fingerprint density at radius 2 is 1.75 bits per heavy atom. The number of hydrogen-bond donors (Lipinski definition) is 2. The number of anilines is 2. The lowest BCUT2D eigenvalue weighted by Gasteiger charge is -2.57. The molecular weight excluding hydrogens is 252 g/mol. The van der Waals surface area contributed by atoms with Crippen molar-refractivity contribution in [2.45, 2.75) is 44.1 Å². The van der Waals surface area contributed by atoms with Gasteiger partial charge in [0, 0.05) is 11.6 Å². The summed E-state index contributed by atoms with van der Waals surface area (Å²) in [7, 11) is 1.61. The van der Waals surface area contributed by atoms with E-state index in [0.29, 0.717) is 5.88 Å². The molecule has 0 saturated heterocycles. The van der Waals surface area contributed by atoms with Crippen molar-refractivity contribution in [1.29, 1.82) is 0 Å². The van der Waals surface area contributed by atoms with E-state index in [2.05, 4.69) is 15.3 Å². The third-order valence-corrected chi connectivity index (χ3v) is 5.36. The van der Waals surface area contributed by atoms with Crippen LogP contribution < -0.4 is 15.8 Å². The Bertz CT molecular complexity index is 495. The maximum absolute atomic E-state index is 5.76. The Labute approximate surface area is 119 Å². The summed E-state index contributed by atoms with van der Waals surface area (Å²) in [4.78, 5) is 8.38. The van der Waals surface area contributed by atoms with Gasteiger partial charge in [0.2, 0.25) is 11.8 Å². The average Bonchev–Trinajstić information content (AvgIpc) is 2.35. The SMILES string of the molecule is COc1cc(NC23CC4CC(CC(C4)C2)C3)nc(N)n1. The zero-order chi connectivity index (χ0) is 13.7. The number of hydrogen-bond acceptors (Lipinski definition) is 5. The van der Waals surface area contributed by atoms with Crippen LogP contribution in [0.3, 0.4) is 0 Å². The van der Waals surface area contributed by atoms with Gasteiger partial charge in [-0.05, 0) is 56.3 Å². The first-order chi connectivity index (χ1) is 9.64. The number of methoxy groups -OCH3 is 1. The number of rotatable bonds is 3. The molecule has 4 aliphatic carbocycles. The largest absolute Gasteiger partial charge is 0.481 e. The minimum absolute atomic E-state index is 0.237. The third kappa shape index (κ3) is 2.00. The highest BCUT2D eigenvalue weighted by molar-refractivity contribution is 5.45. The molecule has 1 aromatic rings. The maximum atomic E-state index is 5.76. The Balaban J connectivity index is 1.61. The van der Waals surface area contributed by atoms with Gasteiger partial charge in [-0.2, -0.15) is 9.97 Å². The van der Waals surface area contributed by atoms with E-state index in [1.807, 2.05) is 6.07 Å². The summed E-state index contributed by atoms with van der Waals surface area (Å²) in [5.41, 5.74) is 6.00. The topological polar surface area (TPSA) is 73.1 Å². The lowest BCUT2D eigenvalue weighted by Crippen LogP contribution is -2.54. The van der Waals surface area contributed by atoms with Gasteiger partial charge >= 0.3 is 0 Å². The van der Waals surface area contributed by atoms with Gasteiger partial charge < -0.3 is 15.8 Å². The van der Waals surface area contributed by atoms with Crippen LogP contribution >= 0.6 is 0 Å². The second-order valence-electron chi connectivity index (χ2n) is 6.98. The first-order valence-electron chi connectivity index (χ1n) is 7.61. The van der Waals surface area contributed by atoms with Crippen LogP contribution in [0.25, 0.3) is 0 Å². The monoisotopic (exact) mass is 274 g/mol. The minimum Gasteiger partial charge on any atom is -0.481 e. The van der Waals surface area contributed by atoms with Gasteiger partial charge in [0.15, 0.2) is 0 Å². The van der Waals surface area contributed by atoms with Crippen LogP contribution in [-0.2, 0) is 0 Å². The number of nitrogens with zero attached hydrogens (tertiary/aromatic N) is 2. The second-order valence-corrected chi connectivity index (χ2v) is 6.98. The number of nitrogens with two attached hydrogens (primary N) is 1. The van der Waals surface area contributed by atoms with E-state index < -0.39 is 0 Å². The molecule has 20 heavy (non-hydrogen) atoms. The first-order valence-corrected chi connectivity index (χ1v) is 7.61. The van der Waals surface area contributed by atoms with Crippen molar-refractivity contribution >= 4 is 11.8 Å². The maximum Gasteiger partial charge on any atom is 0.225 e. The highest BCUT2D eigenvalue weighted by Crippen LogP contribution is 2.56. The molecule has 0 unspecified atom stereocenters. The fourth-order valence-electron chi connectivity index (χ4n) is 5.15. The fourth-order valence-corrected chi connectivity index (χ4v) is 5.15. The van der Waals surface area contributed by atoms with Gasteiger partial charge in [-0.15, -0.1) is 0 Å². The summed E-state index contributed by atoms with van der Waals surface area (Å²) in [5, 5.41) is 3.69. The molecule has 1 heterocycles. The van der Waals surface area contributed by atoms with Crippen molar-refractivity contribution in [2.24, 2.45) is 17.8 Å². The highest BCUT2D eigenvalue weighted by atomic mass is 16.5. The van der Waals surface area contributed by atoms with Crippen molar-refractivity contribution in [2.75, 3.05) is 18.2 Å². The van der Waals surface area contributed by atoms with E-state index in [1.54, 1.807) is 7.11 Å². The van der Waals surface area contributed by atoms with E-state index in [-0.39, 0.29) is 11.5 Å². The third-order valence-electron chi connectivity index (χ3n) is 5.36. The summed E-state index contributed by atoms with van der Waals surface area (Å²) in [5.74, 6) is 4.36. The smallest absolute Gasteiger partial charge is 0.225 e. The Morgan fingerprint density at radius 1 is 1.15 bits per heavy atom. The standard InChI is InChI=1S/C15H22N4O/c1-20-13-5-12(17-14(16)18-13)19-15-6-9-2-10(7-15)4-11(3-9)8-15/h5,9-11H,2-4,6-8H2,1H3,(H3,16,17,18,19). The molecule has 4 saturated carbocycles. The van der Waals surface area contributed by atoms with E-state index in [1.165, 1.54) is 38.5 Å². The van der Waals surface area contributed by atoms with Crippen molar-refractivity contribution in [1.82, 2.24) is 9.97 Å². The molecule has 3 N–H and O–H groups in total. The molecule has 4 fully saturated rings. The quantitative estimate of drug-likeness (QED) is 0.885. The molecule has 5 rings (SSSR count). The molecule has 0 spiro atoms. The Hall–Kier alpha value is -1.52. The van der Waals surface area contributed by atoms with Crippen molar-refractivity contribution in [3.63, 3.8) is 0 Å². The zero-order valence-corrected chi connectivity index (χ0v) is 11.9. The van der Waals surface area contributed by atoms with Crippen LogP contribution in [0, 0.1) is 17.8 Å². The van der Waals surface area contributed by atoms with Crippen molar-refractivity contribution in [3.8, 4) is 5.88 Å². The van der Waals surface area contributed by atoms with Crippen LogP contribution in [0.4, 0.5) is 11.8 Å². The average molecular weight is 274 g/mol. The molecule has 0 radical (unpaired) electrons. The van der Waals surface area contributed by atoms with Crippen LogP contribution in [0.1, 0.15) is 38.5 Å². The Kier molecular flexibility index (Phi) is 2.59. The lowest BCUT2D eigenvalue weighted by atomic mass is 9.53. The first kappa shape index (κ1) is 12.2. The van der Waals surface area contributed by atoms with Gasteiger partial charge in [-0.1, -0.05) is 0 Å². The molecule has 0 atom stereocenters. The van der Waals surface area contributed by atoms with Crippen LogP contribution in [0.5, 0.6) is 5.88 Å². The van der Waals surface area contributed by atoms with Crippen molar-refractivity contribution in [3.05, 3.63) is 6.07 Å². The van der Waals surface area contributed by atoms with Crippen molar-refractivity contribution < 1.29 is 4.74 Å². The summed E-state index contributed by atoms with van der Waals surface area (Å²) in [6.07, 6.45) is 8.17. The molecule has 4 bridgehead atoms. The zero-order valence-electron chi connectivity index (χ0n) is 11.9. The molecule has 0 aliphatic heterocycles. The molecule has 0 aromatic carbocycles. The molecule has 108 valence electrons. The molecule has 1 aromatic heterocycles. The number of aromatic nitrogens is 2. The summed E-state index contributed by atoms with van der Waals surface area (Å²) < 4.78 is 5.19. The Morgan fingerprint density at radius 3 is 2.30 bits per heavy atom. The highest BCUT2D eigenvalue weighted by Gasteiger charge is 2.51. The number of nitrogen functional groups attached to an aromatic ring is 1. The van der Waals surface area contributed by atoms with E-state index in [0.717, 1.165) is 23.6 Å². The predicted octanol–water partition coefficient (Wildman–Crippen LogP) is 2.45. The molecule has 0 amide bonds. The second kappa shape index (κ2) is 4.24. The minimum atomic E-state index is 0.237. The van der Waals surface area contributed by atoms with Gasteiger partial charge in [-0.25, -0.2) is 0 Å². The van der Waals surface area contributed by atoms with Crippen LogP contribution in [-0.4, -0.2) is 22.6 Å². The predicted molar refractivity (Wildman–Crippen MR) is 77.5 cm³/mol. The summed E-state index contributed by atoms with van der Waals surface area (Å²) in [6, 6.07) is 1.86. The van der Waals surface area contributed by atoms with E-state index in [9.17, 15) is 0 Å². The summed E-state index contributed by atoms with van der Waals surface area (Å²) in [6.45, 7) is 0. The van der Waals surface area contributed by atoms with E-state index in [4.69, 9.17) is 10.5 Å². The van der Waals surface area contributed by atoms with E-state index >= 15 is 0 Å². The number of nitrogens with one attached hydrogen (secondary N) is 1. The van der Waals surface area contributed by atoms with Gasteiger partial charge in [0.1, 0.15) is 5.82 Å². The summed E-state index contributed by atoms with van der Waals surface area (Å²) >= 11 is 0. The van der Waals surface area contributed by atoms with Gasteiger partial charge in [0.25, 0.3) is 0 Å². The lowest BCUT2D eigenvalue weighted by molar-refractivity contribution is 0.0105.